The molecule has 2 N–H and O–H groups in total. The van der Waals surface area contributed by atoms with Crippen LogP contribution in [0, 0.1) is 0 Å². The van der Waals surface area contributed by atoms with E-state index in [1.165, 1.54) is 18.9 Å². The highest BCUT2D eigenvalue weighted by Crippen LogP contribution is 2.29. The number of hydrogen-bond acceptors (Lipinski definition) is 6. The van der Waals surface area contributed by atoms with E-state index in [1.807, 2.05) is 0 Å². The smallest absolute Gasteiger partial charge is 0.223 e. The van der Waals surface area contributed by atoms with E-state index in [1.54, 1.807) is 0 Å². The molecule has 3 rings (SSSR count). The van der Waals surface area contributed by atoms with Crippen molar-refractivity contribution in [1.82, 2.24) is 15.3 Å². The van der Waals surface area contributed by atoms with Gasteiger partial charge in [-0.15, -0.1) is 0 Å². The van der Waals surface area contributed by atoms with Crippen molar-refractivity contribution >= 4 is 15.8 Å². The molecule has 2 heterocycles. The first-order valence-electron chi connectivity index (χ1n) is 7.58. The van der Waals surface area contributed by atoms with E-state index in [0.717, 1.165) is 38.8 Å². The average Bonchev–Trinajstić information content (AvgIpc) is 2.42. The Kier molecular flexibility index (Phi) is 4.12. The van der Waals surface area contributed by atoms with Gasteiger partial charge in [0.05, 0.1) is 11.9 Å². The van der Waals surface area contributed by atoms with E-state index in [-0.39, 0.29) is 10.8 Å². The van der Waals surface area contributed by atoms with Gasteiger partial charge >= 0.3 is 0 Å². The molecule has 116 valence electrons. The molecule has 0 amide bonds. The van der Waals surface area contributed by atoms with Gasteiger partial charge in [-0.25, -0.2) is 18.4 Å². The second-order valence-corrected chi connectivity index (χ2v) is 8.01. The molecule has 0 radical (unpaired) electrons. The summed E-state index contributed by atoms with van der Waals surface area (Å²) < 4.78 is 24.0. The Hall–Kier alpha value is -1.21. The van der Waals surface area contributed by atoms with Crippen LogP contribution in [0.1, 0.15) is 43.7 Å². The summed E-state index contributed by atoms with van der Waals surface area (Å²) in [5.41, 5.74) is 0.668. The number of anilines is 1. The van der Waals surface area contributed by atoms with Gasteiger partial charge in [-0.05, 0) is 38.6 Å². The predicted octanol–water partition coefficient (Wildman–Crippen LogP) is 1.31. The minimum atomic E-state index is -3.30. The fourth-order valence-electron chi connectivity index (χ4n) is 2.85. The molecule has 21 heavy (non-hydrogen) atoms. The van der Waals surface area contributed by atoms with Gasteiger partial charge < -0.3 is 10.6 Å². The van der Waals surface area contributed by atoms with Gasteiger partial charge in [0.15, 0.2) is 9.84 Å². The lowest BCUT2D eigenvalue weighted by Crippen LogP contribution is -2.31. The van der Waals surface area contributed by atoms with Crippen molar-refractivity contribution in [3.63, 3.8) is 0 Å². The molecule has 1 saturated carbocycles. The van der Waals surface area contributed by atoms with E-state index < -0.39 is 9.84 Å². The van der Waals surface area contributed by atoms with Crippen molar-refractivity contribution in [1.29, 1.82) is 0 Å². The van der Waals surface area contributed by atoms with Crippen molar-refractivity contribution in [3.05, 3.63) is 11.9 Å². The number of nitrogens with zero attached hydrogens (tertiary/aromatic N) is 2. The zero-order valence-electron chi connectivity index (χ0n) is 12.3. The summed E-state index contributed by atoms with van der Waals surface area (Å²) in [6, 6.07) is 0.436. The van der Waals surface area contributed by atoms with Gasteiger partial charge in [0.2, 0.25) is 5.95 Å². The van der Waals surface area contributed by atoms with Crippen LogP contribution in [-0.4, -0.2) is 43.8 Å². The van der Waals surface area contributed by atoms with Crippen molar-refractivity contribution in [2.75, 3.05) is 24.7 Å². The largest absolute Gasteiger partial charge is 0.351 e. The Bertz CT molecular complexity index is 607. The highest BCUT2D eigenvalue weighted by atomic mass is 32.2. The first-order chi connectivity index (χ1) is 10.0. The number of sulfone groups is 1. The summed E-state index contributed by atoms with van der Waals surface area (Å²) >= 11 is 0. The maximum absolute atomic E-state index is 12.0. The third kappa shape index (κ3) is 3.35. The molecule has 1 aliphatic heterocycles. The summed E-state index contributed by atoms with van der Waals surface area (Å²) in [5.74, 6) is 0.709. The van der Waals surface area contributed by atoms with Gasteiger partial charge in [0.25, 0.3) is 0 Å². The molecule has 1 aliphatic carbocycles. The maximum Gasteiger partial charge on any atom is 0.223 e. The van der Waals surface area contributed by atoms with E-state index >= 15 is 0 Å². The number of hydrogen-bond donors (Lipinski definition) is 2. The summed E-state index contributed by atoms with van der Waals surface area (Å²) in [6.45, 7) is 1.77. The standard InChI is InChI=1S/C14H22N4O2S/c1-21(19,20)12-9-16-14(17-11-5-2-6-11)18-13(12)10-4-3-7-15-8-10/h9-11,15H,2-8H2,1H3,(H,16,17,18). The third-order valence-electron chi connectivity index (χ3n) is 4.30. The van der Waals surface area contributed by atoms with Crippen LogP contribution in [0.2, 0.25) is 0 Å². The Balaban J connectivity index is 1.92. The lowest BCUT2D eigenvalue weighted by Gasteiger charge is -2.28. The Morgan fingerprint density at radius 3 is 2.67 bits per heavy atom. The fourth-order valence-corrected chi connectivity index (χ4v) is 3.69. The number of piperidine rings is 1. The first kappa shape index (κ1) is 14.7. The van der Waals surface area contributed by atoms with E-state index in [9.17, 15) is 8.42 Å². The molecule has 0 bridgehead atoms. The van der Waals surface area contributed by atoms with Crippen LogP contribution in [-0.2, 0) is 9.84 Å². The first-order valence-corrected chi connectivity index (χ1v) is 9.47. The van der Waals surface area contributed by atoms with Gasteiger partial charge in [-0.1, -0.05) is 0 Å². The zero-order valence-corrected chi connectivity index (χ0v) is 13.1. The second kappa shape index (κ2) is 5.88. The van der Waals surface area contributed by atoms with Crippen LogP contribution in [0.4, 0.5) is 5.95 Å². The predicted molar refractivity (Wildman–Crippen MR) is 81.2 cm³/mol. The van der Waals surface area contributed by atoms with Gasteiger partial charge in [0.1, 0.15) is 4.90 Å². The molecule has 1 aromatic heterocycles. The summed E-state index contributed by atoms with van der Waals surface area (Å²) in [7, 11) is -3.30. The Morgan fingerprint density at radius 1 is 1.29 bits per heavy atom. The Morgan fingerprint density at radius 2 is 2.10 bits per heavy atom. The molecular weight excluding hydrogens is 288 g/mol. The van der Waals surface area contributed by atoms with Gasteiger partial charge in [-0.2, -0.15) is 0 Å². The molecule has 6 nitrogen and oxygen atoms in total. The Labute approximate surface area is 125 Å². The van der Waals surface area contributed by atoms with Crippen LogP contribution < -0.4 is 10.6 Å². The summed E-state index contributed by atoms with van der Waals surface area (Å²) in [4.78, 5) is 9.02. The molecule has 1 saturated heterocycles. The van der Waals surface area contributed by atoms with Crippen LogP contribution in [0.25, 0.3) is 0 Å². The second-order valence-electron chi connectivity index (χ2n) is 6.03. The van der Waals surface area contributed by atoms with Gasteiger partial charge in [-0.3, -0.25) is 0 Å². The van der Waals surface area contributed by atoms with E-state index in [4.69, 9.17) is 0 Å². The lowest BCUT2D eigenvalue weighted by atomic mass is 9.93. The minimum absolute atomic E-state index is 0.147. The highest BCUT2D eigenvalue weighted by Gasteiger charge is 2.26. The molecule has 0 spiro atoms. The van der Waals surface area contributed by atoms with Crippen molar-refractivity contribution in [3.8, 4) is 0 Å². The van der Waals surface area contributed by atoms with Crippen LogP contribution in [0.3, 0.4) is 0 Å². The summed E-state index contributed by atoms with van der Waals surface area (Å²) in [5, 5.41) is 6.62. The molecule has 2 fully saturated rings. The molecular formula is C14H22N4O2S. The molecule has 2 aliphatic rings. The molecule has 1 aromatic rings. The SMILES string of the molecule is CS(=O)(=O)c1cnc(NC2CCC2)nc1C1CCCNC1. The van der Waals surface area contributed by atoms with Gasteiger partial charge in [0, 0.05) is 24.8 Å². The number of rotatable bonds is 4. The zero-order chi connectivity index (χ0) is 14.9. The quantitative estimate of drug-likeness (QED) is 0.872. The fraction of sp³-hybridized carbons (Fsp3) is 0.714. The molecule has 1 atom stereocenters. The van der Waals surface area contributed by atoms with Crippen LogP contribution in [0.5, 0.6) is 0 Å². The normalized spacial score (nSPS) is 23.6. The van der Waals surface area contributed by atoms with Crippen molar-refractivity contribution in [2.24, 2.45) is 0 Å². The minimum Gasteiger partial charge on any atom is -0.351 e. The van der Waals surface area contributed by atoms with Crippen LogP contribution in [0.15, 0.2) is 11.1 Å². The lowest BCUT2D eigenvalue weighted by molar-refractivity contribution is 0.437. The molecule has 0 aromatic carbocycles. The van der Waals surface area contributed by atoms with Crippen molar-refractivity contribution in [2.45, 2.75) is 49.0 Å². The van der Waals surface area contributed by atoms with Crippen LogP contribution >= 0.6 is 0 Å². The molecule has 7 heteroatoms. The van der Waals surface area contributed by atoms with Crippen molar-refractivity contribution < 1.29 is 8.42 Å². The molecule has 1 unspecified atom stereocenters. The maximum atomic E-state index is 12.0. The number of nitrogens with one attached hydrogen (secondary N) is 2. The van der Waals surface area contributed by atoms with E-state index in [0.29, 0.717) is 17.7 Å². The third-order valence-corrected chi connectivity index (χ3v) is 5.42. The average molecular weight is 310 g/mol. The van der Waals surface area contributed by atoms with E-state index in [2.05, 4.69) is 20.6 Å². The highest BCUT2D eigenvalue weighted by molar-refractivity contribution is 7.90. The number of aromatic nitrogens is 2. The monoisotopic (exact) mass is 310 g/mol. The topological polar surface area (TPSA) is 84.0 Å². The summed E-state index contributed by atoms with van der Waals surface area (Å²) in [6.07, 6.45) is 8.21.